The molecule has 2 rings (SSSR count). The normalized spacial score (nSPS) is 21.3. The van der Waals surface area contributed by atoms with Crippen molar-refractivity contribution in [1.29, 1.82) is 0 Å². The van der Waals surface area contributed by atoms with Crippen LogP contribution in [-0.4, -0.2) is 24.0 Å². The molecule has 0 radical (unpaired) electrons. The Morgan fingerprint density at radius 2 is 2.19 bits per heavy atom. The van der Waals surface area contributed by atoms with E-state index >= 15 is 0 Å². The van der Waals surface area contributed by atoms with Crippen LogP contribution in [0.2, 0.25) is 0 Å². The Morgan fingerprint density at radius 3 is 2.62 bits per heavy atom. The second-order valence-electron chi connectivity index (χ2n) is 4.90. The highest BCUT2D eigenvalue weighted by Gasteiger charge is 2.46. The van der Waals surface area contributed by atoms with Gasteiger partial charge in [-0.2, -0.15) is 0 Å². The molecular formula is C12H17N3O. The third-order valence-electron chi connectivity index (χ3n) is 3.10. The molecule has 0 saturated heterocycles. The fourth-order valence-corrected chi connectivity index (χ4v) is 1.63. The summed E-state index contributed by atoms with van der Waals surface area (Å²) in [5.41, 5.74) is 0.871. The lowest BCUT2D eigenvalue weighted by Crippen LogP contribution is -2.28. The first-order chi connectivity index (χ1) is 7.53. The maximum absolute atomic E-state index is 11.8. The van der Waals surface area contributed by atoms with E-state index in [2.05, 4.69) is 29.5 Å². The maximum atomic E-state index is 11.8. The molecule has 4 nitrogen and oxygen atoms in total. The van der Waals surface area contributed by atoms with Crippen molar-refractivity contribution < 1.29 is 4.79 Å². The maximum Gasteiger partial charge on any atom is 0.253 e. The number of nitrogens with one attached hydrogen (secondary N) is 2. The smallest absolute Gasteiger partial charge is 0.253 e. The monoisotopic (exact) mass is 219 g/mol. The van der Waals surface area contributed by atoms with Crippen LogP contribution in [0.1, 0.15) is 30.6 Å². The highest BCUT2D eigenvalue weighted by atomic mass is 16.1. The molecular weight excluding hydrogens is 202 g/mol. The highest BCUT2D eigenvalue weighted by molar-refractivity contribution is 5.94. The first-order valence-electron chi connectivity index (χ1n) is 5.47. The van der Waals surface area contributed by atoms with Gasteiger partial charge in [-0.1, -0.05) is 13.8 Å². The van der Waals surface area contributed by atoms with Gasteiger partial charge in [0.15, 0.2) is 0 Å². The second kappa shape index (κ2) is 3.77. The molecule has 1 atom stereocenters. The number of carbonyl (C=O) groups excluding carboxylic acids is 1. The SMILES string of the molecule is CNc1ccc(C(=O)NC2CC2(C)C)cn1. The van der Waals surface area contributed by atoms with Crippen molar-refractivity contribution in [2.75, 3.05) is 12.4 Å². The van der Waals surface area contributed by atoms with Crippen molar-refractivity contribution in [3.05, 3.63) is 23.9 Å². The molecule has 1 aromatic rings. The van der Waals surface area contributed by atoms with E-state index < -0.39 is 0 Å². The molecule has 1 fully saturated rings. The standard InChI is InChI=1S/C12H17N3O/c1-12(2)6-9(12)15-11(16)8-4-5-10(13-3)14-7-8/h4-5,7,9H,6H2,1-3H3,(H,13,14)(H,15,16). The van der Waals surface area contributed by atoms with Gasteiger partial charge in [-0.05, 0) is 24.0 Å². The number of pyridine rings is 1. The molecule has 4 heteroatoms. The van der Waals surface area contributed by atoms with Crippen LogP contribution in [0.3, 0.4) is 0 Å². The predicted molar refractivity (Wildman–Crippen MR) is 63.4 cm³/mol. The molecule has 1 saturated carbocycles. The van der Waals surface area contributed by atoms with Crippen LogP contribution in [0.5, 0.6) is 0 Å². The number of carbonyl (C=O) groups is 1. The van der Waals surface area contributed by atoms with Gasteiger partial charge in [0.1, 0.15) is 5.82 Å². The highest BCUT2D eigenvalue weighted by Crippen LogP contribution is 2.44. The minimum atomic E-state index is -0.0364. The van der Waals surface area contributed by atoms with Gasteiger partial charge in [0.05, 0.1) is 5.56 Å². The van der Waals surface area contributed by atoms with E-state index in [1.807, 2.05) is 0 Å². The third-order valence-corrected chi connectivity index (χ3v) is 3.10. The Morgan fingerprint density at radius 1 is 1.50 bits per heavy atom. The largest absolute Gasteiger partial charge is 0.373 e. The third kappa shape index (κ3) is 2.15. The van der Waals surface area contributed by atoms with Gasteiger partial charge < -0.3 is 10.6 Å². The van der Waals surface area contributed by atoms with Gasteiger partial charge in [-0.3, -0.25) is 4.79 Å². The summed E-state index contributed by atoms with van der Waals surface area (Å²) in [5, 5.41) is 5.92. The van der Waals surface area contributed by atoms with E-state index in [-0.39, 0.29) is 11.3 Å². The number of hydrogen-bond acceptors (Lipinski definition) is 3. The van der Waals surface area contributed by atoms with E-state index in [9.17, 15) is 4.79 Å². The summed E-state index contributed by atoms with van der Waals surface area (Å²) in [7, 11) is 1.80. The van der Waals surface area contributed by atoms with Crippen LogP contribution in [-0.2, 0) is 0 Å². The van der Waals surface area contributed by atoms with Gasteiger partial charge in [0.2, 0.25) is 0 Å². The Labute approximate surface area is 95.5 Å². The van der Waals surface area contributed by atoms with Gasteiger partial charge in [-0.25, -0.2) is 4.98 Å². The number of anilines is 1. The molecule has 0 spiro atoms. The summed E-state index contributed by atoms with van der Waals surface area (Å²) in [6.07, 6.45) is 2.65. The first-order valence-corrected chi connectivity index (χ1v) is 5.47. The van der Waals surface area contributed by atoms with E-state index in [1.165, 1.54) is 0 Å². The van der Waals surface area contributed by atoms with E-state index in [0.717, 1.165) is 12.2 Å². The molecule has 1 aliphatic carbocycles. The molecule has 1 amide bonds. The van der Waals surface area contributed by atoms with Crippen molar-refractivity contribution in [1.82, 2.24) is 10.3 Å². The Bertz CT molecular complexity index is 397. The summed E-state index contributed by atoms with van der Waals surface area (Å²) < 4.78 is 0. The number of hydrogen-bond donors (Lipinski definition) is 2. The van der Waals surface area contributed by atoms with Crippen LogP contribution in [0, 0.1) is 5.41 Å². The zero-order valence-electron chi connectivity index (χ0n) is 9.87. The van der Waals surface area contributed by atoms with Gasteiger partial charge >= 0.3 is 0 Å². The van der Waals surface area contributed by atoms with Crippen molar-refractivity contribution in [3.63, 3.8) is 0 Å². The Balaban J connectivity index is 1.99. The molecule has 1 heterocycles. The number of nitrogens with zero attached hydrogens (tertiary/aromatic N) is 1. The zero-order chi connectivity index (χ0) is 11.8. The number of rotatable bonds is 3. The Hall–Kier alpha value is -1.58. The number of amides is 1. The van der Waals surface area contributed by atoms with Crippen LogP contribution >= 0.6 is 0 Å². The predicted octanol–water partition coefficient (Wildman–Crippen LogP) is 1.65. The summed E-state index contributed by atoms with van der Waals surface area (Å²) in [4.78, 5) is 15.9. The molecule has 2 N–H and O–H groups in total. The zero-order valence-corrected chi connectivity index (χ0v) is 9.87. The molecule has 1 aromatic heterocycles. The van der Waals surface area contributed by atoms with Crippen LogP contribution in [0.4, 0.5) is 5.82 Å². The molecule has 0 aromatic carbocycles. The van der Waals surface area contributed by atoms with E-state index in [0.29, 0.717) is 11.6 Å². The van der Waals surface area contributed by atoms with Gasteiger partial charge in [0, 0.05) is 19.3 Å². The lowest BCUT2D eigenvalue weighted by atomic mass is 10.2. The molecule has 0 bridgehead atoms. The second-order valence-corrected chi connectivity index (χ2v) is 4.90. The molecule has 0 aliphatic heterocycles. The fourth-order valence-electron chi connectivity index (χ4n) is 1.63. The first kappa shape index (κ1) is 10.9. The minimum absolute atomic E-state index is 0.0364. The Kier molecular flexibility index (Phi) is 2.58. The average molecular weight is 219 g/mol. The fraction of sp³-hybridized carbons (Fsp3) is 0.500. The van der Waals surface area contributed by atoms with Crippen molar-refractivity contribution in [2.24, 2.45) is 5.41 Å². The van der Waals surface area contributed by atoms with Crippen molar-refractivity contribution in [2.45, 2.75) is 26.3 Å². The molecule has 1 unspecified atom stereocenters. The molecule has 16 heavy (non-hydrogen) atoms. The quantitative estimate of drug-likeness (QED) is 0.812. The van der Waals surface area contributed by atoms with Gasteiger partial charge in [0.25, 0.3) is 5.91 Å². The van der Waals surface area contributed by atoms with Crippen LogP contribution < -0.4 is 10.6 Å². The summed E-state index contributed by atoms with van der Waals surface area (Å²) >= 11 is 0. The lowest BCUT2D eigenvalue weighted by Gasteiger charge is -2.07. The van der Waals surface area contributed by atoms with Gasteiger partial charge in [-0.15, -0.1) is 0 Å². The molecule has 1 aliphatic rings. The van der Waals surface area contributed by atoms with Crippen molar-refractivity contribution in [3.8, 4) is 0 Å². The average Bonchev–Trinajstić information content (AvgIpc) is 2.86. The molecule has 86 valence electrons. The topological polar surface area (TPSA) is 54.0 Å². The summed E-state index contributed by atoms with van der Waals surface area (Å²) in [5.74, 6) is 0.731. The van der Waals surface area contributed by atoms with E-state index in [4.69, 9.17) is 0 Å². The van der Waals surface area contributed by atoms with Crippen molar-refractivity contribution >= 4 is 11.7 Å². The number of aromatic nitrogens is 1. The van der Waals surface area contributed by atoms with E-state index in [1.54, 1.807) is 25.4 Å². The summed E-state index contributed by atoms with van der Waals surface area (Å²) in [6.45, 7) is 4.31. The lowest BCUT2D eigenvalue weighted by molar-refractivity contribution is 0.0946. The van der Waals surface area contributed by atoms with Crippen LogP contribution in [0.25, 0.3) is 0 Å². The minimum Gasteiger partial charge on any atom is -0.373 e. The summed E-state index contributed by atoms with van der Waals surface area (Å²) in [6, 6.07) is 3.89. The van der Waals surface area contributed by atoms with Crippen LogP contribution in [0.15, 0.2) is 18.3 Å².